The second-order valence-corrected chi connectivity index (χ2v) is 4.24. The standard InChI is InChI=1S/C12H19N3O2/c1-8-6-11(16)10(7-14-8)12(17)15(3)9(2)4-5-13/h6-7,9H,4-5,13H2,1-3H3,(H,14,16). The summed E-state index contributed by atoms with van der Waals surface area (Å²) in [5.41, 5.74) is 6.11. The van der Waals surface area contributed by atoms with Crippen LogP contribution in [0, 0.1) is 6.92 Å². The highest BCUT2D eigenvalue weighted by Gasteiger charge is 2.19. The van der Waals surface area contributed by atoms with Crippen LogP contribution < -0.4 is 11.2 Å². The summed E-state index contributed by atoms with van der Waals surface area (Å²) in [7, 11) is 1.68. The molecular weight excluding hydrogens is 218 g/mol. The van der Waals surface area contributed by atoms with Gasteiger partial charge in [-0.25, -0.2) is 0 Å². The van der Waals surface area contributed by atoms with Crippen molar-refractivity contribution in [3.8, 4) is 0 Å². The number of nitrogens with zero attached hydrogens (tertiary/aromatic N) is 1. The Labute approximate surface area is 101 Å². The number of nitrogens with one attached hydrogen (secondary N) is 1. The van der Waals surface area contributed by atoms with Gasteiger partial charge in [-0.05, 0) is 26.8 Å². The Morgan fingerprint density at radius 2 is 2.24 bits per heavy atom. The summed E-state index contributed by atoms with van der Waals surface area (Å²) >= 11 is 0. The summed E-state index contributed by atoms with van der Waals surface area (Å²) in [6.45, 7) is 4.20. The number of carbonyl (C=O) groups excluding carboxylic acids is 1. The van der Waals surface area contributed by atoms with E-state index in [0.717, 1.165) is 5.69 Å². The van der Waals surface area contributed by atoms with E-state index in [1.807, 2.05) is 6.92 Å². The lowest BCUT2D eigenvalue weighted by molar-refractivity contribution is 0.0737. The Bertz CT molecular complexity index is 453. The molecular formula is C12H19N3O2. The van der Waals surface area contributed by atoms with Crippen molar-refractivity contribution in [3.63, 3.8) is 0 Å². The average Bonchev–Trinajstić information content (AvgIpc) is 2.27. The normalized spacial score (nSPS) is 12.2. The van der Waals surface area contributed by atoms with Gasteiger partial charge in [0.15, 0.2) is 5.43 Å². The molecule has 0 saturated carbocycles. The van der Waals surface area contributed by atoms with Crippen LogP contribution in [0.25, 0.3) is 0 Å². The highest BCUT2D eigenvalue weighted by atomic mass is 16.2. The van der Waals surface area contributed by atoms with Crippen LogP contribution in [-0.2, 0) is 0 Å². The largest absolute Gasteiger partial charge is 0.364 e. The van der Waals surface area contributed by atoms with Crippen molar-refractivity contribution in [1.29, 1.82) is 0 Å². The lowest BCUT2D eigenvalue weighted by Crippen LogP contribution is -2.38. The van der Waals surface area contributed by atoms with E-state index in [4.69, 9.17) is 5.73 Å². The van der Waals surface area contributed by atoms with Gasteiger partial charge in [0.25, 0.3) is 5.91 Å². The summed E-state index contributed by atoms with van der Waals surface area (Å²) in [5.74, 6) is -0.271. The number of hydrogen-bond donors (Lipinski definition) is 2. The number of H-pyrrole nitrogens is 1. The van der Waals surface area contributed by atoms with E-state index in [0.29, 0.717) is 13.0 Å². The molecule has 0 aliphatic heterocycles. The Balaban J connectivity index is 2.93. The topological polar surface area (TPSA) is 79.2 Å². The highest BCUT2D eigenvalue weighted by Crippen LogP contribution is 2.05. The molecule has 1 heterocycles. The van der Waals surface area contributed by atoms with Crippen LogP contribution in [0.1, 0.15) is 29.4 Å². The summed E-state index contributed by atoms with van der Waals surface area (Å²) in [4.78, 5) is 28.2. The molecule has 1 amide bonds. The van der Waals surface area contributed by atoms with E-state index in [-0.39, 0.29) is 22.9 Å². The van der Waals surface area contributed by atoms with Crippen LogP contribution in [0.2, 0.25) is 0 Å². The first-order valence-corrected chi connectivity index (χ1v) is 5.64. The van der Waals surface area contributed by atoms with Gasteiger partial charge < -0.3 is 15.6 Å². The molecule has 0 spiro atoms. The van der Waals surface area contributed by atoms with Gasteiger partial charge in [0.1, 0.15) is 5.56 Å². The molecule has 17 heavy (non-hydrogen) atoms. The first-order valence-electron chi connectivity index (χ1n) is 5.64. The maximum Gasteiger partial charge on any atom is 0.259 e. The number of rotatable bonds is 4. The molecule has 94 valence electrons. The number of aryl methyl sites for hydroxylation is 1. The van der Waals surface area contributed by atoms with Crippen LogP contribution in [0.15, 0.2) is 17.1 Å². The van der Waals surface area contributed by atoms with Crippen LogP contribution in [0.5, 0.6) is 0 Å². The first kappa shape index (κ1) is 13.4. The summed E-state index contributed by atoms with van der Waals surface area (Å²) < 4.78 is 0. The van der Waals surface area contributed by atoms with Crippen molar-refractivity contribution in [3.05, 3.63) is 33.7 Å². The zero-order valence-electron chi connectivity index (χ0n) is 10.5. The lowest BCUT2D eigenvalue weighted by Gasteiger charge is -2.24. The van der Waals surface area contributed by atoms with Crippen molar-refractivity contribution in [2.24, 2.45) is 5.73 Å². The number of aromatic nitrogens is 1. The van der Waals surface area contributed by atoms with Crippen LogP contribution in [0.3, 0.4) is 0 Å². The van der Waals surface area contributed by atoms with Crippen LogP contribution in [0.4, 0.5) is 0 Å². The molecule has 0 radical (unpaired) electrons. The monoisotopic (exact) mass is 237 g/mol. The maximum absolute atomic E-state index is 12.1. The zero-order valence-corrected chi connectivity index (χ0v) is 10.5. The third-order valence-electron chi connectivity index (χ3n) is 2.85. The molecule has 0 aromatic carbocycles. The fraction of sp³-hybridized carbons (Fsp3) is 0.500. The minimum absolute atomic E-state index is 0.0215. The Morgan fingerprint density at radius 1 is 1.59 bits per heavy atom. The minimum atomic E-state index is -0.271. The molecule has 1 aromatic heterocycles. The molecule has 3 N–H and O–H groups in total. The van der Waals surface area contributed by atoms with Gasteiger partial charge in [0.05, 0.1) is 0 Å². The Hall–Kier alpha value is -1.62. The molecule has 0 aliphatic rings. The van der Waals surface area contributed by atoms with Crippen molar-refractivity contribution < 1.29 is 4.79 Å². The molecule has 1 aromatic rings. The third kappa shape index (κ3) is 3.17. The second-order valence-electron chi connectivity index (χ2n) is 4.24. The smallest absolute Gasteiger partial charge is 0.259 e. The SMILES string of the molecule is Cc1cc(=O)c(C(=O)N(C)C(C)CCN)c[nH]1. The molecule has 1 unspecified atom stereocenters. The van der Waals surface area contributed by atoms with Crippen molar-refractivity contribution in [1.82, 2.24) is 9.88 Å². The van der Waals surface area contributed by atoms with E-state index < -0.39 is 0 Å². The summed E-state index contributed by atoms with van der Waals surface area (Å²) in [6, 6.07) is 1.45. The summed E-state index contributed by atoms with van der Waals surface area (Å²) in [5, 5.41) is 0. The van der Waals surface area contributed by atoms with Crippen molar-refractivity contribution in [2.75, 3.05) is 13.6 Å². The maximum atomic E-state index is 12.1. The van der Waals surface area contributed by atoms with Gasteiger partial charge in [-0.1, -0.05) is 0 Å². The number of hydrogen-bond acceptors (Lipinski definition) is 3. The van der Waals surface area contributed by atoms with Crippen molar-refractivity contribution >= 4 is 5.91 Å². The quantitative estimate of drug-likeness (QED) is 0.800. The molecule has 0 aliphatic carbocycles. The Kier molecular flexibility index (Phi) is 4.45. The number of carbonyl (C=O) groups is 1. The van der Waals surface area contributed by atoms with Gasteiger partial charge in [-0.15, -0.1) is 0 Å². The molecule has 0 fully saturated rings. The Morgan fingerprint density at radius 3 is 2.76 bits per heavy atom. The van der Waals surface area contributed by atoms with Crippen molar-refractivity contribution in [2.45, 2.75) is 26.3 Å². The molecule has 0 saturated heterocycles. The van der Waals surface area contributed by atoms with E-state index in [1.165, 1.54) is 12.3 Å². The molecule has 1 rings (SSSR count). The molecule has 1 atom stereocenters. The molecule has 0 bridgehead atoms. The minimum Gasteiger partial charge on any atom is -0.364 e. The summed E-state index contributed by atoms with van der Waals surface area (Å²) in [6.07, 6.45) is 2.18. The van der Waals surface area contributed by atoms with Crippen LogP contribution in [-0.4, -0.2) is 35.4 Å². The average molecular weight is 237 g/mol. The van der Waals surface area contributed by atoms with Gasteiger partial charge in [-0.3, -0.25) is 9.59 Å². The zero-order chi connectivity index (χ0) is 13.0. The lowest BCUT2D eigenvalue weighted by atomic mass is 10.1. The molecule has 5 nitrogen and oxygen atoms in total. The highest BCUT2D eigenvalue weighted by molar-refractivity contribution is 5.93. The van der Waals surface area contributed by atoms with E-state index >= 15 is 0 Å². The van der Waals surface area contributed by atoms with E-state index in [1.54, 1.807) is 18.9 Å². The number of amides is 1. The second kappa shape index (κ2) is 5.63. The molecule has 5 heteroatoms. The van der Waals surface area contributed by atoms with Gasteiger partial charge in [-0.2, -0.15) is 0 Å². The number of pyridine rings is 1. The predicted octanol–water partition coefficient (Wildman–Crippen LogP) is 0.493. The number of nitrogens with two attached hydrogens (primary N) is 1. The number of aromatic amines is 1. The first-order chi connectivity index (χ1) is 7.97. The van der Waals surface area contributed by atoms with Gasteiger partial charge in [0.2, 0.25) is 0 Å². The predicted molar refractivity (Wildman–Crippen MR) is 67.0 cm³/mol. The van der Waals surface area contributed by atoms with Gasteiger partial charge in [0, 0.05) is 31.0 Å². The fourth-order valence-corrected chi connectivity index (χ4v) is 1.57. The van der Waals surface area contributed by atoms with Gasteiger partial charge >= 0.3 is 0 Å². The van der Waals surface area contributed by atoms with E-state index in [9.17, 15) is 9.59 Å². The van der Waals surface area contributed by atoms with E-state index in [2.05, 4.69) is 4.98 Å². The fourth-order valence-electron chi connectivity index (χ4n) is 1.57. The van der Waals surface area contributed by atoms with Crippen LogP contribution >= 0.6 is 0 Å². The third-order valence-corrected chi connectivity index (χ3v) is 2.85.